The van der Waals surface area contributed by atoms with Crippen molar-refractivity contribution in [2.75, 3.05) is 13.2 Å². The number of esters is 3. The Kier molecular flexibility index (Phi) is 17.3. The molecule has 2 atom stereocenters. The molecule has 0 fully saturated rings. The van der Waals surface area contributed by atoms with Crippen molar-refractivity contribution in [2.24, 2.45) is 11.7 Å². The molecule has 1 aromatic carbocycles. The number of carbonyl (C=O) groups excluding carboxylic acids is 4. The number of unbranched alkanes of at least 4 members (excludes halogenated alkanes) is 4. The number of ether oxygens (including phenoxy) is 5. The largest absolute Gasteiger partial charge is 0.508 e. The summed E-state index contributed by atoms with van der Waals surface area (Å²) in [5, 5.41) is 0. The van der Waals surface area contributed by atoms with E-state index < -0.39 is 36.2 Å². The molecule has 226 valence electrons. The van der Waals surface area contributed by atoms with Gasteiger partial charge in [-0.05, 0) is 56.2 Å². The summed E-state index contributed by atoms with van der Waals surface area (Å²) in [5.41, 5.74) is 6.64. The molecule has 0 radical (unpaired) electrons. The van der Waals surface area contributed by atoms with Crippen molar-refractivity contribution in [3.63, 3.8) is 0 Å². The van der Waals surface area contributed by atoms with Crippen LogP contribution < -0.4 is 15.2 Å². The lowest BCUT2D eigenvalue weighted by Crippen LogP contribution is -2.36. The van der Waals surface area contributed by atoms with E-state index in [1.807, 2.05) is 27.7 Å². The molecule has 1 rings (SSSR count). The van der Waals surface area contributed by atoms with Crippen LogP contribution in [-0.2, 0) is 35.0 Å². The second-order valence-corrected chi connectivity index (χ2v) is 10.3. The van der Waals surface area contributed by atoms with Crippen molar-refractivity contribution in [1.29, 1.82) is 0 Å². The van der Waals surface area contributed by atoms with E-state index in [4.69, 9.17) is 29.4 Å². The standard InChI is InChI=1S/C30H47NO9/c1-6-8-10-12-27(32)39-25-15-14-23(19-26(25)40-28(33)13-11-9-7-2)18-24(31)29(34)37-20-22(5)38-30(35)36-17-16-21(3)4/h14-15,19,21-22,24H,6-13,16-18,20,31H2,1-5H3/t22-,24-/m0/s1. The molecule has 0 saturated carbocycles. The lowest BCUT2D eigenvalue weighted by molar-refractivity contribution is -0.148. The topological polar surface area (TPSA) is 140 Å². The van der Waals surface area contributed by atoms with E-state index in [0.717, 1.165) is 32.1 Å². The van der Waals surface area contributed by atoms with Gasteiger partial charge in [-0.1, -0.05) is 59.4 Å². The number of benzene rings is 1. The molecule has 2 N–H and O–H groups in total. The van der Waals surface area contributed by atoms with Crippen molar-refractivity contribution >= 4 is 24.1 Å². The van der Waals surface area contributed by atoms with Crippen LogP contribution in [0.2, 0.25) is 0 Å². The summed E-state index contributed by atoms with van der Waals surface area (Å²) in [5.74, 6) is -0.909. The van der Waals surface area contributed by atoms with Crippen LogP contribution in [0.25, 0.3) is 0 Å². The molecular weight excluding hydrogens is 518 g/mol. The maximum atomic E-state index is 12.5. The van der Waals surface area contributed by atoms with Gasteiger partial charge in [0, 0.05) is 12.8 Å². The van der Waals surface area contributed by atoms with E-state index in [9.17, 15) is 19.2 Å². The summed E-state index contributed by atoms with van der Waals surface area (Å²) in [7, 11) is 0. The molecule has 10 heteroatoms. The Morgan fingerprint density at radius 3 is 2.00 bits per heavy atom. The Labute approximate surface area is 238 Å². The molecular formula is C30H47NO9. The Hall–Kier alpha value is -3.14. The SMILES string of the molecule is CCCCCC(=O)Oc1ccc(C[C@H](N)C(=O)OC[C@H](C)OC(=O)OCCC(C)C)cc1OC(=O)CCCCC. The predicted molar refractivity (Wildman–Crippen MR) is 150 cm³/mol. The minimum atomic E-state index is -1.03. The van der Waals surface area contributed by atoms with Gasteiger partial charge >= 0.3 is 24.1 Å². The first-order valence-electron chi connectivity index (χ1n) is 14.4. The van der Waals surface area contributed by atoms with Gasteiger partial charge < -0.3 is 29.4 Å². The van der Waals surface area contributed by atoms with E-state index >= 15 is 0 Å². The highest BCUT2D eigenvalue weighted by atomic mass is 16.7. The smallest absolute Gasteiger partial charge is 0.461 e. The lowest BCUT2D eigenvalue weighted by Gasteiger charge is -2.17. The highest BCUT2D eigenvalue weighted by molar-refractivity contribution is 5.77. The molecule has 1 aromatic rings. The Morgan fingerprint density at radius 1 is 0.825 bits per heavy atom. The lowest BCUT2D eigenvalue weighted by atomic mass is 10.1. The van der Waals surface area contributed by atoms with Crippen LogP contribution in [0.4, 0.5) is 4.79 Å². The predicted octanol–water partition coefficient (Wildman–Crippen LogP) is 5.66. The van der Waals surface area contributed by atoms with Gasteiger partial charge in [0.2, 0.25) is 0 Å². The van der Waals surface area contributed by atoms with E-state index in [-0.39, 0.29) is 44.0 Å². The van der Waals surface area contributed by atoms with Crippen molar-refractivity contribution in [1.82, 2.24) is 0 Å². The first-order valence-corrected chi connectivity index (χ1v) is 14.4. The molecule has 0 saturated heterocycles. The molecule has 0 heterocycles. The second-order valence-electron chi connectivity index (χ2n) is 10.3. The molecule has 0 spiro atoms. The van der Waals surface area contributed by atoms with E-state index in [2.05, 4.69) is 0 Å². The molecule has 0 aromatic heterocycles. The number of hydrogen-bond acceptors (Lipinski definition) is 10. The highest BCUT2D eigenvalue weighted by Crippen LogP contribution is 2.30. The Balaban J connectivity index is 2.75. The van der Waals surface area contributed by atoms with Gasteiger partial charge in [-0.15, -0.1) is 0 Å². The maximum Gasteiger partial charge on any atom is 0.508 e. The third kappa shape index (κ3) is 15.5. The normalized spacial score (nSPS) is 12.4. The summed E-state index contributed by atoms with van der Waals surface area (Å²) in [6, 6.07) is 3.69. The van der Waals surface area contributed by atoms with E-state index in [1.165, 1.54) is 6.07 Å². The number of nitrogens with two attached hydrogens (primary N) is 1. The fourth-order valence-electron chi connectivity index (χ4n) is 3.48. The molecule has 0 aliphatic rings. The first kappa shape index (κ1) is 34.9. The summed E-state index contributed by atoms with van der Waals surface area (Å²) < 4.78 is 26.3. The zero-order chi connectivity index (χ0) is 29.9. The van der Waals surface area contributed by atoms with Crippen LogP contribution in [0, 0.1) is 5.92 Å². The molecule has 0 bridgehead atoms. The number of hydrogen-bond donors (Lipinski definition) is 1. The molecule has 10 nitrogen and oxygen atoms in total. The third-order valence-electron chi connectivity index (χ3n) is 5.86. The number of rotatable bonds is 19. The van der Waals surface area contributed by atoms with Crippen LogP contribution in [0.15, 0.2) is 18.2 Å². The Bertz CT molecular complexity index is 932. The van der Waals surface area contributed by atoms with Gasteiger partial charge in [-0.25, -0.2) is 4.79 Å². The van der Waals surface area contributed by atoms with Crippen molar-refractivity contribution in [2.45, 2.75) is 111 Å². The van der Waals surface area contributed by atoms with Gasteiger partial charge in [0.1, 0.15) is 18.8 Å². The first-order chi connectivity index (χ1) is 19.0. The van der Waals surface area contributed by atoms with E-state index in [0.29, 0.717) is 24.3 Å². The van der Waals surface area contributed by atoms with Crippen LogP contribution in [0.5, 0.6) is 11.5 Å². The summed E-state index contributed by atoms with van der Waals surface area (Å²) >= 11 is 0. The third-order valence-corrected chi connectivity index (χ3v) is 5.86. The summed E-state index contributed by atoms with van der Waals surface area (Å²) in [4.78, 5) is 48.8. The van der Waals surface area contributed by atoms with Crippen LogP contribution in [-0.4, -0.2) is 49.4 Å². The van der Waals surface area contributed by atoms with Gasteiger partial charge in [-0.3, -0.25) is 14.4 Å². The van der Waals surface area contributed by atoms with Gasteiger partial charge in [0.15, 0.2) is 11.5 Å². The molecule has 40 heavy (non-hydrogen) atoms. The zero-order valence-electron chi connectivity index (χ0n) is 24.7. The van der Waals surface area contributed by atoms with Gasteiger partial charge in [0.25, 0.3) is 0 Å². The molecule has 0 aliphatic carbocycles. The van der Waals surface area contributed by atoms with Crippen molar-refractivity contribution < 1.29 is 42.9 Å². The van der Waals surface area contributed by atoms with Crippen molar-refractivity contribution in [3.05, 3.63) is 23.8 Å². The second kappa shape index (κ2) is 19.8. The van der Waals surface area contributed by atoms with Crippen LogP contribution in [0.1, 0.15) is 98.0 Å². The van der Waals surface area contributed by atoms with Gasteiger partial charge in [-0.2, -0.15) is 0 Å². The quantitative estimate of drug-likeness (QED) is 0.127. The fourth-order valence-corrected chi connectivity index (χ4v) is 3.48. The highest BCUT2D eigenvalue weighted by Gasteiger charge is 2.21. The fraction of sp³-hybridized carbons (Fsp3) is 0.667. The average Bonchev–Trinajstić information content (AvgIpc) is 2.88. The summed E-state index contributed by atoms with van der Waals surface area (Å²) in [6.07, 6.45) is 4.90. The zero-order valence-corrected chi connectivity index (χ0v) is 24.7. The maximum absolute atomic E-state index is 12.5. The average molecular weight is 566 g/mol. The minimum absolute atomic E-state index is 0.0798. The van der Waals surface area contributed by atoms with Gasteiger partial charge in [0.05, 0.1) is 6.61 Å². The molecule has 0 amide bonds. The number of carbonyl (C=O) groups is 4. The summed E-state index contributed by atoms with van der Waals surface area (Å²) in [6.45, 7) is 9.75. The monoisotopic (exact) mass is 565 g/mol. The molecule has 0 unspecified atom stereocenters. The van der Waals surface area contributed by atoms with Crippen molar-refractivity contribution in [3.8, 4) is 11.5 Å². The Morgan fingerprint density at radius 2 is 1.43 bits per heavy atom. The van der Waals surface area contributed by atoms with Crippen LogP contribution >= 0.6 is 0 Å². The van der Waals surface area contributed by atoms with E-state index in [1.54, 1.807) is 19.1 Å². The minimum Gasteiger partial charge on any atom is -0.461 e. The van der Waals surface area contributed by atoms with Crippen LogP contribution in [0.3, 0.4) is 0 Å². The molecule has 0 aliphatic heterocycles.